The predicted molar refractivity (Wildman–Crippen MR) is 74.1 cm³/mol. The van der Waals surface area contributed by atoms with Crippen LogP contribution in [0.15, 0.2) is 22.7 Å². The quantitative estimate of drug-likeness (QED) is 0.915. The number of hydrogen-bond donors (Lipinski definition) is 1. The van der Waals surface area contributed by atoms with Gasteiger partial charge < -0.3 is 10.1 Å². The van der Waals surface area contributed by atoms with Crippen molar-refractivity contribution in [1.82, 2.24) is 5.32 Å². The van der Waals surface area contributed by atoms with Crippen LogP contribution < -0.4 is 5.32 Å². The normalized spacial score (nSPS) is 18.8. The summed E-state index contributed by atoms with van der Waals surface area (Å²) in [6.07, 6.45) is 2.06. The first-order valence-electron chi connectivity index (χ1n) is 6.48. The Morgan fingerprint density at radius 3 is 2.83 bits per heavy atom. The highest BCUT2D eigenvalue weighted by atomic mass is 79.9. The van der Waals surface area contributed by atoms with Gasteiger partial charge in [0.15, 0.2) is 0 Å². The van der Waals surface area contributed by atoms with Gasteiger partial charge in [-0.25, -0.2) is 4.39 Å². The number of rotatable bonds is 4. The summed E-state index contributed by atoms with van der Waals surface area (Å²) in [5.74, 6) is 0.333. The maximum atomic E-state index is 13.4. The van der Waals surface area contributed by atoms with Crippen molar-refractivity contribution < 1.29 is 9.13 Å². The summed E-state index contributed by atoms with van der Waals surface area (Å²) in [6.45, 7) is 4.57. The zero-order chi connectivity index (χ0) is 13.0. The van der Waals surface area contributed by atoms with E-state index in [-0.39, 0.29) is 11.9 Å². The number of nitrogens with one attached hydrogen (secondary N) is 1. The summed E-state index contributed by atoms with van der Waals surface area (Å²) >= 11 is 3.53. The minimum Gasteiger partial charge on any atom is -0.381 e. The smallest absolute Gasteiger partial charge is 0.123 e. The minimum absolute atomic E-state index is 0.178. The molecule has 18 heavy (non-hydrogen) atoms. The van der Waals surface area contributed by atoms with Crippen molar-refractivity contribution in [3.8, 4) is 0 Å². The first-order chi connectivity index (χ1) is 8.72. The van der Waals surface area contributed by atoms with Gasteiger partial charge in [-0.3, -0.25) is 0 Å². The van der Waals surface area contributed by atoms with E-state index in [1.165, 1.54) is 6.07 Å². The van der Waals surface area contributed by atoms with Crippen molar-refractivity contribution in [2.75, 3.05) is 19.8 Å². The van der Waals surface area contributed by atoms with Crippen LogP contribution in [0.3, 0.4) is 0 Å². The number of ether oxygens (including phenoxy) is 1. The third kappa shape index (κ3) is 3.31. The molecule has 0 amide bonds. The van der Waals surface area contributed by atoms with Gasteiger partial charge in [0, 0.05) is 23.7 Å². The van der Waals surface area contributed by atoms with Gasteiger partial charge in [0.2, 0.25) is 0 Å². The lowest BCUT2D eigenvalue weighted by Crippen LogP contribution is -2.32. The molecule has 1 N–H and O–H groups in total. The molecule has 2 rings (SSSR count). The standard InChI is InChI=1S/C14H19BrFNO/c1-2-17-14(10-5-7-18-8-6-10)12-9-11(16)3-4-13(12)15/h3-4,9-10,14,17H,2,5-8H2,1H3. The van der Waals surface area contributed by atoms with Crippen LogP contribution in [0.25, 0.3) is 0 Å². The van der Waals surface area contributed by atoms with Crippen molar-refractivity contribution in [1.29, 1.82) is 0 Å². The number of hydrogen-bond acceptors (Lipinski definition) is 2. The monoisotopic (exact) mass is 315 g/mol. The molecule has 1 unspecified atom stereocenters. The van der Waals surface area contributed by atoms with E-state index in [1.54, 1.807) is 12.1 Å². The second kappa shape index (κ2) is 6.64. The lowest BCUT2D eigenvalue weighted by molar-refractivity contribution is 0.0537. The summed E-state index contributed by atoms with van der Waals surface area (Å²) in [7, 11) is 0. The minimum atomic E-state index is -0.178. The molecule has 1 saturated heterocycles. The highest BCUT2D eigenvalue weighted by molar-refractivity contribution is 9.10. The summed E-state index contributed by atoms with van der Waals surface area (Å²) < 4.78 is 19.8. The van der Waals surface area contributed by atoms with Gasteiger partial charge >= 0.3 is 0 Å². The Bertz CT molecular complexity index is 393. The fourth-order valence-corrected chi connectivity index (χ4v) is 3.05. The van der Waals surface area contributed by atoms with Gasteiger partial charge in [0.25, 0.3) is 0 Å². The predicted octanol–water partition coefficient (Wildman–Crippen LogP) is 3.67. The summed E-state index contributed by atoms with van der Waals surface area (Å²) in [6, 6.07) is 5.10. The molecule has 1 aliphatic heterocycles. The Balaban J connectivity index is 2.24. The highest BCUT2D eigenvalue weighted by Crippen LogP contribution is 2.34. The Kier molecular flexibility index (Phi) is 5.15. The van der Waals surface area contributed by atoms with Gasteiger partial charge in [-0.2, -0.15) is 0 Å². The SMILES string of the molecule is CCNC(c1cc(F)ccc1Br)C1CCOCC1. The Labute approximate surface area is 116 Å². The van der Waals surface area contributed by atoms with Crippen molar-refractivity contribution in [3.05, 3.63) is 34.1 Å². The average Bonchev–Trinajstić information content (AvgIpc) is 2.40. The molecule has 1 atom stereocenters. The first-order valence-corrected chi connectivity index (χ1v) is 7.27. The van der Waals surface area contributed by atoms with Crippen molar-refractivity contribution in [3.63, 3.8) is 0 Å². The maximum Gasteiger partial charge on any atom is 0.123 e. The van der Waals surface area contributed by atoms with Crippen LogP contribution in [0.5, 0.6) is 0 Å². The molecule has 1 aromatic rings. The molecule has 1 fully saturated rings. The zero-order valence-corrected chi connectivity index (χ0v) is 12.2. The topological polar surface area (TPSA) is 21.3 Å². The molecule has 0 spiro atoms. The van der Waals surface area contributed by atoms with Crippen molar-refractivity contribution >= 4 is 15.9 Å². The highest BCUT2D eigenvalue weighted by Gasteiger charge is 2.26. The lowest BCUT2D eigenvalue weighted by Gasteiger charge is -2.31. The van der Waals surface area contributed by atoms with E-state index in [1.807, 2.05) is 0 Å². The Morgan fingerprint density at radius 2 is 2.17 bits per heavy atom. The molecular weight excluding hydrogens is 297 g/mol. The van der Waals surface area contributed by atoms with E-state index < -0.39 is 0 Å². The van der Waals surface area contributed by atoms with Gasteiger partial charge in [0.05, 0.1) is 0 Å². The average molecular weight is 316 g/mol. The van der Waals surface area contributed by atoms with Gasteiger partial charge in [-0.05, 0) is 49.1 Å². The molecule has 1 aromatic carbocycles. The van der Waals surface area contributed by atoms with E-state index >= 15 is 0 Å². The van der Waals surface area contributed by atoms with Gasteiger partial charge in [-0.1, -0.05) is 22.9 Å². The van der Waals surface area contributed by atoms with Crippen LogP contribution >= 0.6 is 15.9 Å². The first kappa shape index (κ1) is 14.0. The fourth-order valence-electron chi connectivity index (χ4n) is 2.55. The third-order valence-electron chi connectivity index (χ3n) is 3.45. The van der Waals surface area contributed by atoms with Gasteiger partial charge in [-0.15, -0.1) is 0 Å². The van der Waals surface area contributed by atoms with E-state index in [0.29, 0.717) is 5.92 Å². The molecule has 1 aliphatic rings. The van der Waals surface area contributed by atoms with Crippen LogP contribution in [0.4, 0.5) is 4.39 Å². The summed E-state index contributed by atoms with van der Waals surface area (Å²) in [5.41, 5.74) is 1.02. The number of benzene rings is 1. The molecule has 0 bridgehead atoms. The van der Waals surface area contributed by atoms with Crippen LogP contribution in [0, 0.1) is 11.7 Å². The summed E-state index contributed by atoms with van der Waals surface area (Å²) in [4.78, 5) is 0. The van der Waals surface area contributed by atoms with E-state index in [2.05, 4.69) is 28.2 Å². The number of halogens is 2. The van der Waals surface area contributed by atoms with Crippen LogP contribution in [-0.4, -0.2) is 19.8 Å². The molecule has 2 nitrogen and oxygen atoms in total. The molecule has 1 heterocycles. The van der Waals surface area contributed by atoms with Gasteiger partial charge in [0.1, 0.15) is 5.82 Å². The van der Waals surface area contributed by atoms with Crippen LogP contribution in [-0.2, 0) is 4.74 Å². The van der Waals surface area contributed by atoms with Crippen LogP contribution in [0.2, 0.25) is 0 Å². The second-order valence-electron chi connectivity index (χ2n) is 4.65. The fraction of sp³-hybridized carbons (Fsp3) is 0.571. The molecule has 0 aliphatic carbocycles. The van der Waals surface area contributed by atoms with E-state index in [4.69, 9.17) is 4.74 Å². The molecule has 0 aromatic heterocycles. The Morgan fingerprint density at radius 1 is 1.44 bits per heavy atom. The maximum absolute atomic E-state index is 13.4. The van der Waals surface area contributed by atoms with Crippen molar-refractivity contribution in [2.45, 2.75) is 25.8 Å². The second-order valence-corrected chi connectivity index (χ2v) is 5.51. The van der Waals surface area contributed by atoms with E-state index in [0.717, 1.165) is 42.6 Å². The lowest BCUT2D eigenvalue weighted by atomic mass is 9.87. The largest absolute Gasteiger partial charge is 0.381 e. The molecule has 100 valence electrons. The zero-order valence-electron chi connectivity index (χ0n) is 10.6. The van der Waals surface area contributed by atoms with Crippen molar-refractivity contribution in [2.24, 2.45) is 5.92 Å². The third-order valence-corrected chi connectivity index (χ3v) is 4.18. The molecule has 4 heteroatoms. The Hall–Kier alpha value is -0.450. The molecule has 0 saturated carbocycles. The van der Waals surface area contributed by atoms with E-state index in [9.17, 15) is 4.39 Å². The van der Waals surface area contributed by atoms with Crippen LogP contribution in [0.1, 0.15) is 31.4 Å². The molecular formula is C14H19BrFNO. The summed E-state index contributed by atoms with van der Waals surface area (Å²) in [5, 5.41) is 3.48. The molecule has 0 radical (unpaired) electrons.